The predicted octanol–water partition coefficient (Wildman–Crippen LogP) is 4.18. The van der Waals surface area contributed by atoms with Crippen molar-refractivity contribution in [2.75, 3.05) is 0 Å². The van der Waals surface area contributed by atoms with Crippen LogP contribution in [0, 0.1) is 5.92 Å². The maximum absolute atomic E-state index is 2.53. The van der Waals surface area contributed by atoms with Gasteiger partial charge in [0, 0.05) is 0 Å². The third kappa shape index (κ3) is 4.66. The van der Waals surface area contributed by atoms with Crippen LogP contribution in [-0.2, 0) is 0 Å². The Kier molecular flexibility index (Phi) is 5.62. The molecule has 0 heterocycles. The molecule has 2 unspecified atom stereocenters. The second kappa shape index (κ2) is 5.64. The van der Waals surface area contributed by atoms with Gasteiger partial charge in [-0.3, -0.25) is 0 Å². The van der Waals surface area contributed by atoms with E-state index < -0.39 is 8.80 Å². The van der Waals surface area contributed by atoms with Gasteiger partial charge in [0.25, 0.3) is 0 Å². The lowest BCUT2D eigenvalue weighted by molar-refractivity contribution is 0.636. The molecule has 0 radical (unpaired) electrons. The molecular formula is C12H26Si. The van der Waals surface area contributed by atoms with Crippen LogP contribution in [0.3, 0.4) is 0 Å². The highest BCUT2D eigenvalue weighted by molar-refractivity contribution is 6.66. The smallest absolute Gasteiger partial charge is 0.0636 e. The quantitative estimate of drug-likeness (QED) is 0.582. The fourth-order valence-corrected chi connectivity index (χ4v) is 2.95. The topological polar surface area (TPSA) is 0 Å². The van der Waals surface area contributed by atoms with Crippen molar-refractivity contribution < 1.29 is 0 Å². The minimum Gasteiger partial charge on any atom is -0.101 e. The summed E-state index contributed by atoms with van der Waals surface area (Å²) in [5.41, 5.74) is 2.53. The summed E-state index contributed by atoms with van der Waals surface area (Å²) >= 11 is 0. The summed E-state index contributed by atoms with van der Waals surface area (Å²) < 4.78 is 0. The Hall–Kier alpha value is -0.0431. The molecule has 0 amide bonds. The molecule has 0 bridgehead atoms. The van der Waals surface area contributed by atoms with Crippen LogP contribution in [0.1, 0.15) is 47.5 Å². The SMILES string of the molecule is CCC(C)C=C[SiH](C)C(C)(C)CC. The van der Waals surface area contributed by atoms with E-state index in [1.54, 1.807) is 0 Å². The van der Waals surface area contributed by atoms with Crippen LogP contribution in [0.5, 0.6) is 0 Å². The molecule has 13 heavy (non-hydrogen) atoms. The summed E-state index contributed by atoms with van der Waals surface area (Å²) in [7, 11) is -0.662. The van der Waals surface area contributed by atoms with E-state index in [-0.39, 0.29) is 0 Å². The van der Waals surface area contributed by atoms with Crippen LogP contribution < -0.4 is 0 Å². The average Bonchev–Trinajstić information content (AvgIpc) is 2.13. The molecule has 0 nitrogen and oxygen atoms in total. The number of hydrogen-bond acceptors (Lipinski definition) is 0. The zero-order valence-electron chi connectivity index (χ0n) is 10.2. The molecule has 0 spiro atoms. The Morgan fingerprint density at radius 1 is 1.31 bits per heavy atom. The van der Waals surface area contributed by atoms with Gasteiger partial charge in [0.2, 0.25) is 0 Å². The molecule has 0 saturated carbocycles. The van der Waals surface area contributed by atoms with E-state index in [2.05, 4.69) is 52.9 Å². The first kappa shape index (κ1) is 13.0. The molecule has 78 valence electrons. The fourth-order valence-electron chi connectivity index (χ4n) is 1.07. The van der Waals surface area contributed by atoms with Gasteiger partial charge in [-0.05, 0) is 11.0 Å². The Labute approximate surface area is 86.0 Å². The van der Waals surface area contributed by atoms with Crippen molar-refractivity contribution in [3.8, 4) is 0 Å². The number of rotatable bonds is 5. The van der Waals surface area contributed by atoms with Gasteiger partial charge in [0.05, 0.1) is 8.80 Å². The van der Waals surface area contributed by atoms with E-state index in [0.717, 1.165) is 5.92 Å². The third-order valence-electron chi connectivity index (χ3n) is 3.52. The molecule has 2 atom stereocenters. The Bertz CT molecular complexity index is 159. The Morgan fingerprint density at radius 3 is 2.23 bits per heavy atom. The highest BCUT2D eigenvalue weighted by Gasteiger charge is 2.22. The first-order chi connectivity index (χ1) is 5.94. The van der Waals surface area contributed by atoms with Crippen LogP contribution >= 0.6 is 0 Å². The molecule has 0 aromatic rings. The zero-order chi connectivity index (χ0) is 10.5. The first-order valence-electron chi connectivity index (χ1n) is 5.62. The van der Waals surface area contributed by atoms with Crippen molar-refractivity contribution in [1.29, 1.82) is 0 Å². The molecule has 1 heteroatoms. The van der Waals surface area contributed by atoms with E-state index in [4.69, 9.17) is 0 Å². The van der Waals surface area contributed by atoms with Gasteiger partial charge in [-0.1, -0.05) is 60.1 Å². The van der Waals surface area contributed by atoms with Crippen LogP contribution in [0.25, 0.3) is 0 Å². The standard InChI is InChI=1S/C12H26Si/c1-7-11(3)9-10-13(6)12(4,5)8-2/h9-11,13H,7-8H2,1-6H3. The van der Waals surface area contributed by atoms with Crippen LogP contribution in [0.2, 0.25) is 11.6 Å². The van der Waals surface area contributed by atoms with Crippen molar-refractivity contribution in [3.63, 3.8) is 0 Å². The molecule has 0 aliphatic heterocycles. The largest absolute Gasteiger partial charge is 0.101 e. The zero-order valence-corrected chi connectivity index (χ0v) is 11.4. The van der Waals surface area contributed by atoms with Crippen LogP contribution in [-0.4, -0.2) is 8.80 Å². The van der Waals surface area contributed by atoms with Crippen molar-refractivity contribution in [2.24, 2.45) is 5.92 Å². The van der Waals surface area contributed by atoms with Gasteiger partial charge in [-0.2, -0.15) is 0 Å². The number of allylic oxidation sites excluding steroid dienone is 1. The lowest BCUT2D eigenvalue weighted by Crippen LogP contribution is -2.21. The molecule has 0 aromatic heterocycles. The number of hydrogen-bond donors (Lipinski definition) is 0. The summed E-state index contributed by atoms with van der Waals surface area (Å²) in [5, 5.41) is 0.587. The van der Waals surface area contributed by atoms with E-state index in [9.17, 15) is 0 Å². The minimum atomic E-state index is -0.662. The highest BCUT2D eigenvalue weighted by atomic mass is 28.3. The van der Waals surface area contributed by atoms with E-state index in [1.165, 1.54) is 12.8 Å². The van der Waals surface area contributed by atoms with Crippen LogP contribution in [0.4, 0.5) is 0 Å². The van der Waals surface area contributed by atoms with E-state index >= 15 is 0 Å². The van der Waals surface area contributed by atoms with Crippen LogP contribution in [0.15, 0.2) is 11.8 Å². The lowest BCUT2D eigenvalue weighted by atomic mass is 10.1. The summed E-state index contributed by atoms with van der Waals surface area (Å²) in [4.78, 5) is 0. The van der Waals surface area contributed by atoms with E-state index in [0.29, 0.717) is 5.04 Å². The minimum absolute atomic E-state index is 0.587. The Morgan fingerprint density at radius 2 is 1.85 bits per heavy atom. The van der Waals surface area contributed by atoms with Crippen molar-refractivity contribution in [1.82, 2.24) is 0 Å². The van der Waals surface area contributed by atoms with E-state index in [1.807, 2.05) is 0 Å². The summed E-state index contributed by atoms with van der Waals surface area (Å²) in [6.07, 6.45) is 5.00. The molecule has 0 fully saturated rings. The summed E-state index contributed by atoms with van der Waals surface area (Å²) in [6, 6.07) is 0. The van der Waals surface area contributed by atoms with Crippen molar-refractivity contribution >= 4 is 8.80 Å². The molecule has 0 N–H and O–H groups in total. The molecule has 0 aliphatic carbocycles. The van der Waals surface area contributed by atoms with Gasteiger partial charge in [0.15, 0.2) is 0 Å². The highest BCUT2D eigenvalue weighted by Crippen LogP contribution is 2.32. The molecule has 0 aromatic carbocycles. The van der Waals surface area contributed by atoms with Crippen molar-refractivity contribution in [2.45, 2.75) is 59.0 Å². The van der Waals surface area contributed by atoms with Crippen molar-refractivity contribution in [3.05, 3.63) is 11.8 Å². The molecular weight excluding hydrogens is 172 g/mol. The Balaban J connectivity index is 4.13. The average molecular weight is 198 g/mol. The van der Waals surface area contributed by atoms with Gasteiger partial charge in [-0.15, -0.1) is 5.70 Å². The molecule has 0 rings (SSSR count). The van der Waals surface area contributed by atoms with Gasteiger partial charge in [0.1, 0.15) is 0 Å². The van der Waals surface area contributed by atoms with Gasteiger partial charge >= 0.3 is 0 Å². The second-order valence-corrected chi connectivity index (χ2v) is 8.43. The lowest BCUT2D eigenvalue weighted by Gasteiger charge is -2.27. The molecule has 0 saturated heterocycles. The third-order valence-corrected chi connectivity index (χ3v) is 7.19. The summed E-state index contributed by atoms with van der Waals surface area (Å²) in [6.45, 7) is 14.1. The van der Waals surface area contributed by atoms with Gasteiger partial charge < -0.3 is 0 Å². The van der Waals surface area contributed by atoms with Gasteiger partial charge in [-0.25, -0.2) is 0 Å². The second-order valence-electron chi connectivity index (χ2n) is 4.90. The first-order valence-corrected chi connectivity index (χ1v) is 8.02. The summed E-state index contributed by atoms with van der Waals surface area (Å²) in [5.74, 6) is 0.766. The fraction of sp³-hybridized carbons (Fsp3) is 0.833. The maximum atomic E-state index is 2.53. The maximum Gasteiger partial charge on any atom is 0.0636 e. The monoisotopic (exact) mass is 198 g/mol. The normalized spacial score (nSPS) is 17.7. The predicted molar refractivity (Wildman–Crippen MR) is 65.9 cm³/mol. The molecule has 0 aliphatic rings.